The molecule has 1 saturated carbocycles. The van der Waals surface area contributed by atoms with E-state index in [0.29, 0.717) is 12.6 Å². The summed E-state index contributed by atoms with van der Waals surface area (Å²) in [7, 11) is 1.67. The minimum atomic E-state index is 0.566. The zero-order chi connectivity index (χ0) is 7.68. The van der Waals surface area contributed by atoms with Crippen LogP contribution in [-0.4, -0.2) is 21.9 Å². The standard InChI is InChI=1S/C7H11N3O/c1-11-4-7-9-8-5-10(7)6-2-3-6/h5-6H,2-4H2,1H3. The molecular formula is C7H11N3O. The van der Waals surface area contributed by atoms with E-state index in [9.17, 15) is 0 Å². The lowest BCUT2D eigenvalue weighted by Gasteiger charge is -2.01. The maximum absolute atomic E-state index is 4.98. The van der Waals surface area contributed by atoms with Gasteiger partial charge in [-0.05, 0) is 12.8 Å². The van der Waals surface area contributed by atoms with Crippen LogP contribution in [0.15, 0.2) is 6.33 Å². The van der Waals surface area contributed by atoms with Gasteiger partial charge in [-0.25, -0.2) is 0 Å². The Morgan fingerprint density at radius 3 is 3.18 bits per heavy atom. The molecule has 0 aromatic carbocycles. The molecule has 11 heavy (non-hydrogen) atoms. The van der Waals surface area contributed by atoms with Gasteiger partial charge in [0.25, 0.3) is 0 Å². The highest BCUT2D eigenvalue weighted by molar-refractivity contribution is 4.93. The third kappa shape index (κ3) is 1.26. The monoisotopic (exact) mass is 153 g/mol. The van der Waals surface area contributed by atoms with E-state index in [4.69, 9.17) is 4.74 Å². The van der Waals surface area contributed by atoms with Crippen molar-refractivity contribution in [2.24, 2.45) is 0 Å². The summed E-state index contributed by atoms with van der Waals surface area (Å²) in [5.74, 6) is 0.940. The predicted octanol–water partition coefficient (Wildman–Crippen LogP) is 0.759. The number of hydrogen-bond donors (Lipinski definition) is 0. The molecule has 0 radical (unpaired) electrons. The molecule has 1 aromatic heterocycles. The molecule has 4 nitrogen and oxygen atoms in total. The quantitative estimate of drug-likeness (QED) is 0.643. The maximum Gasteiger partial charge on any atom is 0.159 e. The summed E-state index contributed by atoms with van der Waals surface area (Å²) < 4.78 is 7.08. The third-order valence-electron chi connectivity index (χ3n) is 1.86. The largest absolute Gasteiger partial charge is 0.377 e. The van der Waals surface area contributed by atoms with Crippen LogP contribution in [0.2, 0.25) is 0 Å². The number of nitrogens with zero attached hydrogens (tertiary/aromatic N) is 3. The second-order valence-electron chi connectivity index (χ2n) is 2.82. The first kappa shape index (κ1) is 6.79. The predicted molar refractivity (Wildman–Crippen MR) is 39.0 cm³/mol. The van der Waals surface area contributed by atoms with E-state index in [-0.39, 0.29) is 0 Å². The van der Waals surface area contributed by atoms with E-state index in [0.717, 1.165) is 5.82 Å². The van der Waals surface area contributed by atoms with Crippen molar-refractivity contribution in [2.75, 3.05) is 7.11 Å². The van der Waals surface area contributed by atoms with Gasteiger partial charge < -0.3 is 9.30 Å². The molecule has 1 aromatic rings. The molecule has 0 spiro atoms. The number of aromatic nitrogens is 3. The van der Waals surface area contributed by atoms with Crippen molar-refractivity contribution in [2.45, 2.75) is 25.5 Å². The second kappa shape index (κ2) is 2.62. The van der Waals surface area contributed by atoms with Crippen LogP contribution in [-0.2, 0) is 11.3 Å². The van der Waals surface area contributed by atoms with Crippen molar-refractivity contribution in [3.05, 3.63) is 12.2 Å². The van der Waals surface area contributed by atoms with Gasteiger partial charge in [0.1, 0.15) is 12.9 Å². The molecule has 0 atom stereocenters. The van der Waals surface area contributed by atoms with Gasteiger partial charge in [0.15, 0.2) is 5.82 Å². The highest BCUT2D eigenvalue weighted by Crippen LogP contribution is 2.35. The minimum absolute atomic E-state index is 0.566. The molecule has 0 unspecified atom stereocenters. The van der Waals surface area contributed by atoms with Gasteiger partial charge in [-0.1, -0.05) is 0 Å². The van der Waals surface area contributed by atoms with E-state index in [1.807, 2.05) is 0 Å². The molecule has 0 saturated heterocycles. The van der Waals surface area contributed by atoms with Gasteiger partial charge >= 0.3 is 0 Å². The fraction of sp³-hybridized carbons (Fsp3) is 0.714. The summed E-state index contributed by atoms with van der Waals surface area (Å²) in [6.07, 6.45) is 4.30. The van der Waals surface area contributed by atoms with Gasteiger partial charge in [-0.2, -0.15) is 0 Å². The van der Waals surface area contributed by atoms with Crippen LogP contribution in [0.4, 0.5) is 0 Å². The van der Waals surface area contributed by atoms with Crippen LogP contribution in [0, 0.1) is 0 Å². The lowest BCUT2D eigenvalue weighted by Crippen LogP contribution is -2.01. The molecule has 1 aliphatic rings. The summed E-state index contributed by atoms with van der Waals surface area (Å²) in [5.41, 5.74) is 0. The summed E-state index contributed by atoms with van der Waals surface area (Å²) in [6.45, 7) is 0.566. The first-order valence-electron chi connectivity index (χ1n) is 3.79. The van der Waals surface area contributed by atoms with Crippen LogP contribution >= 0.6 is 0 Å². The van der Waals surface area contributed by atoms with Crippen molar-refractivity contribution >= 4 is 0 Å². The smallest absolute Gasteiger partial charge is 0.159 e. The number of methoxy groups -OCH3 is 1. The average Bonchev–Trinajstić information content (AvgIpc) is 2.75. The number of rotatable bonds is 3. The average molecular weight is 153 g/mol. The zero-order valence-electron chi connectivity index (χ0n) is 6.53. The van der Waals surface area contributed by atoms with E-state index < -0.39 is 0 Å². The Kier molecular flexibility index (Phi) is 1.62. The maximum atomic E-state index is 4.98. The van der Waals surface area contributed by atoms with Crippen molar-refractivity contribution in [3.8, 4) is 0 Å². The van der Waals surface area contributed by atoms with Crippen LogP contribution in [0.25, 0.3) is 0 Å². The Balaban J connectivity index is 2.16. The first-order chi connectivity index (χ1) is 5.42. The minimum Gasteiger partial charge on any atom is -0.377 e. The van der Waals surface area contributed by atoms with Crippen LogP contribution < -0.4 is 0 Å². The topological polar surface area (TPSA) is 39.9 Å². The molecule has 0 N–H and O–H groups in total. The normalized spacial score (nSPS) is 17.2. The van der Waals surface area contributed by atoms with Crippen molar-refractivity contribution in [1.82, 2.24) is 14.8 Å². The lowest BCUT2D eigenvalue weighted by atomic mass is 10.6. The highest BCUT2D eigenvalue weighted by atomic mass is 16.5. The Hall–Kier alpha value is -0.900. The lowest BCUT2D eigenvalue weighted by molar-refractivity contribution is 0.174. The van der Waals surface area contributed by atoms with E-state index in [1.54, 1.807) is 13.4 Å². The molecule has 60 valence electrons. The Morgan fingerprint density at radius 2 is 2.55 bits per heavy atom. The summed E-state index contributed by atoms with van der Waals surface area (Å²) >= 11 is 0. The Bertz CT molecular complexity index is 242. The molecule has 1 aliphatic carbocycles. The molecular weight excluding hydrogens is 142 g/mol. The molecule has 1 heterocycles. The summed E-state index contributed by atoms with van der Waals surface area (Å²) in [4.78, 5) is 0. The van der Waals surface area contributed by atoms with E-state index in [2.05, 4.69) is 14.8 Å². The SMILES string of the molecule is COCc1nncn1C1CC1. The number of hydrogen-bond acceptors (Lipinski definition) is 3. The van der Waals surface area contributed by atoms with Crippen molar-refractivity contribution in [1.29, 1.82) is 0 Å². The van der Waals surface area contributed by atoms with Gasteiger partial charge in [-0.3, -0.25) is 0 Å². The van der Waals surface area contributed by atoms with Gasteiger partial charge in [0.05, 0.1) is 0 Å². The Morgan fingerprint density at radius 1 is 1.73 bits per heavy atom. The first-order valence-corrected chi connectivity index (χ1v) is 3.79. The van der Waals surface area contributed by atoms with Gasteiger partial charge in [0, 0.05) is 13.2 Å². The van der Waals surface area contributed by atoms with Crippen LogP contribution in [0.1, 0.15) is 24.7 Å². The molecule has 4 heteroatoms. The van der Waals surface area contributed by atoms with Gasteiger partial charge in [-0.15, -0.1) is 10.2 Å². The van der Waals surface area contributed by atoms with Crippen LogP contribution in [0.5, 0.6) is 0 Å². The molecule has 0 amide bonds. The van der Waals surface area contributed by atoms with E-state index in [1.165, 1.54) is 12.8 Å². The molecule has 2 rings (SSSR count). The number of ether oxygens (including phenoxy) is 1. The fourth-order valence-corrected chi connectivity index (χ4v) is 1.16. The molecule has 0 aliphatic heterocycles. The fourth-order valence-electron chi connectivity index (χ4n) is 1.16. The summed E-state index contributed by atoms with van der Waals surface area (Å²) in [6, 6.07) is 0.648. The molecule has 0 bridgehead atoms. The van der Waals surface area contributed by atoms with Crippen molar-refractivity contribution in [3.63, 3.8) is 0 Å². The van der Waals surface area contributed by atoms with E-state index >= 15 is 0 Å². The Labute approximate surface area is 65.2 Å². The van der Waals surface area contributed by atoms with Crippen LogP contribution in [0.3, 0.4) is 0 Å². The third-order valence-corrected chi connectivity index (χ3v) is 1.86. The zero-order valence-corrected chi connectivity index (χ0v) is 6.53. The van der Waals surface area contributed by atoms with Gasteiger partial charge in [0.2, 0.25) is 0 Å². The van der Waals surface area contributed by atoms with Crippen molar-refractivity contribution < 1.29 is 4.74 Å². The second-order valence-corrected chi connectivity index (χ2v) is 2.82. The summed E-state index contributed by atoms with van der Waals surface area (Å²) in [5, 5.41) is 7.79. The highest BCUT2D eigenvalue weighted by Gasteiger charge is 2.25. The molecule has 1 fully saturated rings.